The number of pyridine rings is 1. The highest BCUT2D eigenvalue weighted by Crippen LogP contribution is 2.45. The first-order chi connectivity index (χ1) is 14.1. The quantitative estimate of drug-likeness (QED) is 0.599. The van der Waals surface area contributed by atoms with Crippen molar-refractivity contribution >= 4 is 17.7 Å². The van der Waals surface area contributed by atoms with E-state index < -0.39 is 0 Å². The lowest BCUT2D eigenvalue weighted by Gasteiger charge is -2.33. The summed E-state index contributed by atoms with van der Waals surface area (Å²) < 4.78 is 0. The van der Waals surface area contributed by atoms with Gasteiger partial charge in [0.2, 0.25) is 5.91 Å². The van der Waals surface area contributed by atoms with Crippen LogP contribution in [0.4, 0.5) is 5.82 Å². The number of primary amides is 1. The number of piperidine rings is 1. The number of aromatic nitrogens is 1. The van der Waals surface area contributed by atoms with Crippen molar-refractivity contribution in [1.29, 1.82) is 0 Å². The van der Waals surface area contributed by atoms with E-state index in [9.17, 15) is 4.79 Å². The van der Waals surface area contributed by atoms with Crippen molar-refractivity contribution in [2.45, 2.75) is 51.5 Å². The number of anilines is 1. The fourth-order valence-electron chi connectivity index (χ4n) is 5.38. The molecule has 3 fully saturated rings. The van der Waals surface area contributed by atoms with Crippen molar-refractivity contribution in [3.05, 3.63) is 23.9 Å². The highest BCUT2D eigenvalue weighted by molar-refractivity contribution is 5.80. The van der Waals surface area contributed by atoms with E-state index in [4.69, 9.17) is 5.73 Å². The molecule has 1 aromatic rings. The molecule has 0 bridgehead atoms. The van der Waals surface area contributed by atoms with Gasteiger partial charge in [-0.25, -0.2) is 4.98 Å². The molecule has 0 atom stereocenters. The summed E-state index contributed by atoms with van der Waals surface area (Å²) in [7, 11) is 1.88. The topological polar surface area (TPSA) is 86.9 Å². The third-order valence-corrected chi connectivity index (χ3v) is 7.12. The van der Waals surface area contributed by atoms with Crippen LogP contribution in [-0.2, 0) is 11.3 Å². The largest absolute Gasteiger partial charge is 0.369 e. The van der Waals surface area contributed by atoms with Gasteiger partial charge in [-0.3, -0.25) is 9.79 Å². The Labute approximate surface area is 173 Å². The van der Waals surface area contributed by atoms with Gasteiger partial charge in [-0.1, -0.05) is 18.9 Å². The molecule has 2 aliphatic heterocycles. The number of amides is 1. The molecule has 3 heterocycles. The van der Waals surface area contributed by atoms with E-state index in [1.165, 1.54) is 37.7 Å². The predicted octanol–water partition coefficient (Wildman–Crippen LogP) is 2.12. The van der Waals surface area contributed by atoms with E-state index in [1.807, 2.05) is 19.3 Å². The molecular formula is C22H34N6O. The number of nitrogens with two attached hydrogens (primary N) is 1. The minimum Gasteiger partial charge on any atom is -0.369 e. The fraction of sp³-hybridized carbons (Fsp3) is 0.682. The van der Waals surface area contributed by atoms with Gasteiger partial charge in [0.25, 0.3) is 0 Å². The number of carbonyl (C=O) groups is 1. The molecule has 29 heavy (non-hydrogen) atoms. The zero-order valence-electron chi connectivity index (χ0n) is 17.6. The number of hydrogen-bond acceptors (Lipinski definition) is 4. The number of likely N-dealkylation sites (tertiary alicyclic amines) is 1. The van der Waals surface area contributed by atoms with Crippen LogP contribution in [0.2, 0.25) is 0 Å². The maximum Gasteiger partial charge on any atom is 0.220 e. The smallest absolute Gasteiger partial charge is 0.220 e. The number of aliphatic imine (C=N–C) groups is 1. The minimum absolute atomic E-state index is 0.00607. The van der Waals surface area contributed by atoms with E-state index in [-0.39, 0.29) is 11.8 Å². The zero-order chi connectivity index (χ0) is 20.3. The normalized spacial score (nSPS) is 22.4. The molecule has 7 heteroatoms. The second kappa shape index (κ2) is 8.59. The standard InChI is InChI=1S/C22H34N6O/c1-24-21(28-14-10-22(16-28)8-2-3-9-22)26-15-18-5-4-11-25-20(18)27-12-6-17(7-13-27)19(23)29/h4-5,11,17H,2-3,6-10,12-16H2,1H3,(H2,23,29)(H,24,26). The number of rotatable bonds is 4. The summed E-state index contributed by atoms with van der Waals surface area (Å²) in [5.74, 6) is 1.82. The molecule has 0 unspecified atom stereocenters. The minimum atomic E-state index is -0.179. The molecule has 158 valence electrons. The molecule has 0 aromatic carbocycles. The molecule has 4 rings (SSSR count). The Morgan fingerprint density at radius 2 is 2.03 bits per heavy atom. The third-order valence-electron chi connectivity index (χ3n) is 7.12. The van der Waals surface area contributed by atoms with Crippen LogP contribution >= 0.6 is 0 Å². The van der Waals surface area contributed by atoms with Crippen LogP contribution < -0.4 is 16.0 Å². The van der Waals surface area contributed by atoms with E-state index in [0.717, 1.165) is 50.8 Å². The summed E-state index contributed by atoms with van der Waals surface area (Å²) in [6.45, 7) is 4.57. The van der Waals surface area contributed by atoms with E-state index in [1.54, 1.807) is 0 Å². The Morgan fingerprint density at radius 3 is 2.72 bits per heavy atom. The highest BCUT2D eigenvalue weighted by atomic mass is 16.1. The second-order valence-corrected chi connectivity index (χ2v) is 8.93. The van der Waals surface area contributed by atoms with Gasteiger partial charge in [-0.05, 0) is 43.6 Å². The van der Waals surface area contributed by atoms with Gasteiger partial charge in [0.05, 0.1) is 0 Å². The number of hydrogen-bond donors (Lipinski definition) is 2. The maximum absolute atomic E-state index is 11.5. The van der Waals surface area contributed by atoms with E-state index in [0.29, 0.717) is 12.0 Å². The Morgan fingerprint density at radius 1 is 1.28 bits per heavy atom. The second-order valence-electron chi connectivity index (χ2n) is 8.93. The van der Waals surface area contributed by atoms with Crippen LogP contribution in [0.25, 0.3) is 0 Å². The molecule has 3 N–H and O–H groups in total. The average molecular weight is 399 g/mol. The number of nitrogens with zero attached hydrogens (tertiary/aromatic N) is 4. The van der Waals surface area contributed by atoms with Gasteiger partial charge in [0.15, 0.2) is 5.96 Å². The Bertz CT molecular complexity index is 749. The number of carbonyl (C=O) groups excluding carboxylic acids is 1. The van der Waals surface area contributed by atoms with E-state index >= 15 is 0 Å². The monoisotopic (exact) mass is 398 g/mol. The van der Waals surface area contributed by atoms with E-state index in [2.05, 4.69) is 31.2 Å². The van der Waals surface area contributed by atoms with Crippen LogP contribution in [0.15, 0.2) is 23.3 Å². The van der Waals surface area contributed by atoms with Crippen molar-refractivity contribution in [2.24, 2.45) is 22.1 Å². The lowest BCUT2D eigenvalue weighted by molar-refractivity contribution is -0.122. The van der Waals surface area contributed by atoms with Gasteiger partial charge in [0.1, 0.15) is 5.82 Å². The fourth-order valence-corrected chi connectivity index (χ4v) is 5.38. The first-order valence-electron chi connectivity index (χ1n) is 11.0. The van der Waals surface area contributed by atoms with Crippen molar-refractivity contribution < 1.29 is 4.79 Å². The molecule has 1 amide bonds. The maximum atomic E-state index is 11.5. The SMILES string of the molecule is CN=C(NCc1cccnc1N1CCC(C(N)=O)CC1)N1CCC2(CCCC2)C1. The molecular weight excluding hydrogens is 364 g/mol. The van der Waals surface area contributed by atoms with Crippen LogP contribution in [0, 0.1) is 11.3 Å². The Hall–Kier alpha value is -2.31. The molecule has 1 aromatic heterocycles. The average Bonchev–Trinajstić information content (AvgIpc) is 3.39. The molecule has 3 aliphatic rings. The summed E-state index contributed by atoms with van der Waals surface area (Å²) in [5, 5.41) is 3.58. The van der Waals surface area contributed by atoms with Gasteiger partial charge in [-0.2, -0.15) is 0 Å². The lowest BCUT2D eigenvalue weighted by Crippen LogP contribution is -2.42. The van der Waals surface area contributed by atoms with Crippen molar-refractivity contribution in [3.8, 4) is 0 Å². The summed E-state index contributed by atoms with van der Waals surface area (Å²) in [6, 6.07) is 4.12. The van der Waals surface area contributed by atoms with Crippen LogP contribution in [-0.4, -0.2) is 55.0 Å². The van der Waals surface area contributed by atoms with Crippen LogP contribution in [0.5, 0.6) is 0 Å². The first kappa shape index (κ1) is 20.0. The Kier molecular flexibility index (Phi) is 5.92. The predicted molar refractivity (Wildman–Crippen MR) is 116 cm³/mol. The molecule has 7 nitrogen and oxygen atoms in total. The van der Waals surface area contributed by atoms with Crippen molar-refractivity contribution in [1.82, 2.24) is 15.2 Å². The van der Waals surface area contributed by atoms with Gasteiger partial charge in [0, 0.05) is 57.4 Å². The summed E-state index contributed by atoms with van der Waals surface area (Å²) in [4.78, 5) is 25.4. The van der Waals surface area contributed by atoms with Gasteiger partial charge in [-0.15, -0.1) is 0 Å². The Balaban J connectivity index is 1.38. The molecule has 1 aliphatic carbocycles. The van der Waals surface area contributed by atoms with Crippen LogP contribution in [0.1, 0.15) is 50.5 Å². The summed E-state index contributed by atoms with van der Waals surface area (Å²) >= 11 is 0. The molecule has 1 saturated carbocycles. The molecule has 1 spiro atoms. The number of guanidine groups is 1. The molecule has 0 radical (unpaired) electrons. The van der Waals surface area contributed by atoms with Crippen LogP contribution in [0.3, 0.4) is 0 Å². The summed E-state index contributed by atoms with van der Waals surface area (Å²) in [5.41, 5.74) is 7.18. The summed E-state index contributed by atoms with van der Waals surface area (Å²) in [6.07, 6.45) is 10.2. The highest BCUT2D eigenvalue weighted by Gasteiger charge is 2.41. The molecule has 2 saturated heterocycles. The van der Waals surface area contributed by atoms with Crippen molar-refractivity contribution in [3.63, 3.8) is 0 Å². The first-order valence-corrected chi connectivity index (χ1v) is 11.0. The van der Waals surface area contributed by atoms with Crippen molar-refractivity contribution in [2.75, 3.05) is 38.1 Å². The third kappa shape index (κ3) is 4.33. The van der Waals surface area contributed by atoms with Gasteiger partial charge >= 0.3 is 0 Å². The number of nitrogens with one attached hydrogen (secondary N) is 1. The lowest BCUT2D eigenvalue weighted by atomic mass is 9.86. The van der Waals surface area contributed by atoms with Gasteiger partial charge < -0.3 is 20.9 Å². The zero-order valence-corrected chi connectivity index (χ0v) is 17.6.